The molecule has 3 atom stereocenters. The van der Waals surface area contributed by atoms with Gasteiger partial charge in [0.25, 0.3) is 0 Å². The summed E-state index contributed by atoms with van der Waals surface area (Å²) < 4.78 is 0. The second-order valence-electron chi connectivity index (χ2n) is 10.7. The first-order valence-electron chi connectivity index (χ1n) is 13.9. The van der Waals surface area contributed by atoms with Crippen LogP contribution in [0.5, 0.6) is 0 Å². The summed E-state index contributed by atoms with van der Waals surface area (Å²) in [7, 11) is 0. The number of rotatable bonds is 12. The fourth-order valence-corrected chi connectivity index (χ4v) is 4.93. The van der Waals surface area contributed by atoms with Crippen LogP contribution in [0.25, 0.3) is 5.03 Å². The Morgan fingerprint density at radius 2 is 1.62 bits per heavy atom. The minimum absolute atomic E-state index is 0.0440. The molecule has 0 bridgehead atoms. The van der Waals surface area contributed by atoms with Crippen LogP contribution in [-0.4, -0.2) is 16.7 Å². The molecule has 2 aromatic carbocycles. The highest BCUT2D eigenvalue weighted by atomic mass is 35.5. The summed E-state index contributed by atoms with van der Waals surface area (Å²) in [4.78, 5) is 29.0. The van der Waals surface area contributed by atoms with E-state index in [1.807, 2.05) is 44.3 Å². The van der Waals surface area contributed by atoms with Gasteiger partial charge in [0.1, 0.15) is 0 Å². The van der Waals surface area contributed by atoms with Gasteiger partial charge in [-0.15, -0.1) is 0 Å². The van der Waals surface area contributed by atoms with Crippen molar-refractivity contribution in [1.82, 2.24) is 10.3 Å². The van der Waals surface area contributed by atoms with Crippen molar-refractivity contribution in [2.24, 2.45) is 11.8 Å². The molecule has 1 heterocycles. The Bertz CT molecular complexity index is 1310. The summed E-state index contributed by atoms with van der Waals surface area (Å²) in [5, 5.41) is 3.58. The third kappa shape index (κ3) is 8.37. The summed E-state index contributed by atoms with van der Waals surface area (Å²) in [5.41, 5.74) is 7.39. The van der Waals surface area contributed by atoms with Crippen LogP contribution in [0.15, 0.2) is 67.0 Å². The van der Waals surface area contributed by atoms with Crippen LogP contribution in [0, 0.1) is 11.8 Å². The first kappa shape index (κ1) is 30.3. The maximum Gasteiger partial charge on any atom is 0.217 e. The molecule has 3 rings (SSSR count). The van der Waals surface area contributed by atoms with Crippen LogP contribution in [0.3, 0.4) is 0 Å². The van der Waals surface area contributed by atoms with Gasteiger partial charge in [-0.2, -0.15) is 0 Å². The zero-order valence-corrected chi connectivity index (χ0v) is 24.8. The molecule has 3 aromatic rings. The van der Waals surface area contributed by atoms with Crippen molar-refractivity contribution >= 4 is 28.3 Å². The van der Waals surface area contributed by atoms with Crippen LogP contribution in [0.1, 0.15) is 97.6 Å². The molecule has 0 saturated heterocycles. The van der Waals surface area contributed by atoms with E-state index in [2.05, 4.69) is 61.4 Å². The molecule has 0 aliphatic rings. The molecule has 4 nitrogen and oxygen atoms in total. The largest absolute Gasteiger partial charge is 0.352 e. The van der Waals surface area contributed by atoms with E-state index in [1.54, 1.807) is 6.20 Å². The van der Waals surface area contributed by atoms with Gasteiger partial charge in [-0.05, 0) is 83.5 Å². The van der Waals surface area contributed by atoms with E-state index in [4.69, 9.17) is 11.6 Å². The number of nitrogens with one attached hydrogen (secondary N) is 1. The van der Waals surface area contributed by atoms with Crippen molar-refractivity contribution < 1.29 is 9.59 Å². The zero-order chi connectivity index (χ0) is 28.5. The number of Topliss-reactive ketones (excluding diaryl/α,β-unsaturated/α-hetero) is 1. The smallest absolute Gasteiger partial charge is 0.217 e. The number of benzene rings is 2. The lowest BCUT2D eigenvalue weighted by atomic mass is 9.83. The number of amides is 1. The van der Waals surface area contributed by atoms with Gasteiger partial charge >= 0.3 is 0 Å². The van der Waals surface area contributed by atoms with Gasteiger partial charge in [0.15, 0.2) is 5.78 Å². The Labute approximate surface area is 238 Å². The molecule has 0 aliphatic heterocycles. The minimum atomic E-state index is -0.148. The van der Waals surface area contributed by atoms with Crippen molar-refractivity contribution in [3.63, 3.8) is 0 Å². The standard InChI is InChI=1S/C34H41ClN2O2/c1-7-22(3)31-14-13-28(18-32(31)33(35)8-2)15-23(4)24(5)34(39)30-17-29(19-36-21-30)16-26-9-11-27(12-10-26)20-37-25(6)38/h8-14,17-19,21-24H,7,15-16,20H2,1-6H3,(H,37,38). The third-order valence-corrected chi connectivity index (χ3v) is 8.07. The number of aromatic nitrogens is 1. The SMILES string of the molecule is CC=C(Cl)c1cc(CC(C)C(C)C(=O)c2cncc(Cc3ccc(CNC(C)=O)cc3)c2)ccc1C(C)CC. The molecular weight excluding hydrogens is 504 g/mol. The van der Waals surface area contributed by atoms with E-state index in [0.717, 1.165) is 40.1 Å². The van der Waals surface area contributed by atoms with Gasteiger partial charge < -0.3 is 5.32 Å². The number of halogens is 1. The topological polar surface area (TPSA) is 59.1 Å². The maximum absolute atomic E-state index is 13.5. The minimum Gasteiger partial charge on any atom is -0.352 e. The van der Waals surface area contributed by atoms with Crippen LogP contribution in [0.4, 0.5) is 0 Å². The highest BCUT2D eigenvalue weighted by Crippen LogP contribution is 2.32. The molecule has 5 heteroatoms. The molecule has 0 spiro atoms. The number of nitrogens with zero attached hydrogens (tertiary/aromatic N) is 1. The van der Waals surface area contributed by atoms with Crippen molar-refractivity contribution in [3.05, 3.63) is 106 Å². The highest BCUT2D eigenvalue weighted by Gasteiger charge is 2.23. The first-order chi connectivity index (χ1) is 18.6. The summed E-state index contributed by atoms with van der Waals surface area (Å²) in [5.74, 6) is 0.513. The van der Waals surface area contributed by atoms with Crippen LogP contribution in [0.2, 0.25) is 0 Å². The van der Waals surface area contributed by atoms with Gasteiger partial charge in [0.2, 0.25) is 5.91 Å². The molecular formula is C34H41ClN2O2. The summed E-state index contributed by atoms with van der Waals surface area (Å²) in [6.45, 7) is 12.6. The lowest BCUT2D eigenvalue weighted by Gasteiger charge is -2.21. The van der Waals surface area contributed by atoms with Crippen LogP contribution in [-0.2, 0) is 24.2 Å². The van der Waals surface area contributed by atoms with Crippen molar-refractivity contribution in [3.8, 4) is 0 Å². The molecule has 1 N–H and O–H groups in total. The Balaban J connectivity index is 1.69. The molecule has 1 amide bonds. The lowest BCUT2D eigenvalue weighted by Crippen LogP contribution is -2.21. The zero-order valence-electron chi connectivity index (χ0n) is 24.1. The average molecular weight is 545 g/mol. The number of carbonyl (C=O) groups excluding carboxylic acids is 2. The number of hydrogen-bond donors (Lipinski definition) is 1. The summed E-state index contributed by atoms with van der Waals surface area (Å²) in [6.07, 6.45) is 7.99. The summed E-state index contributed by atoms with van der Waals surface area (Å²) in [6, 6.07) is 16.7. The highest BCUT2D eigenvalue weighted by molar-refractivity contribution is 6.48. The van der Waals surface area contributed by atoms with Gasteiger partial charge in [-0.25, -0.2) is 0 Å². The van der Waals surface area contributed by atoms with E-state index in [-0.39, 0.29) is 23.5 Å². The Morgan fingerprint density at radius 1 is 0.949 bits per heavy atom. The average Bonchev–Trinajstić information content (AvgIpc) is 2.95. The molecule has 1 aromatic heterocycles. The van der Waals surface area contributed by atoms with E-state index < -0.39 is 0 Å². The fraction of sp³-hybridized carbons (Fsp3) is 0.382. The van der Waals surface area contributed by atoms with E-state index in [0.29, 0.717) is 24.4 Å². The lowest BCUT2D eigenvalue weighted by molar-refractivity contribution is -0.119. The number of allylic oxidation sites excluding steroid dienone is 1. The molecule has 0 aliphatic carbocycles. The molecule has 3 unspecified atom stereocenters. The van der Waals surface area contributed by atoms with Crippen molar-refractivity contribution in [2.75, 3.05) is 0 Å². The Hall–Kier alpha value is -3.24. The quantitative estimate of drug-likeness (QED) is 0.234. The monoisotopic (exact) mass is 544 g/mol. The number of hydrogen-bond acceptors (Lipinski definition) is 3. The van der Waals surface area contributed by atoms with Gasteiger partial charge in [-0.3, -0.25) is 14.6 Å². The summed E-state index contributed by atoms with van der Waals surface area (Å²) >= 11 is 6.59. The van der Waals surface area contributed by atoms with Crippen molar-refractivity contribution in [1.29, 1.82) is 0 Å². The Kier molecular flexibility index (Phi) is 11.1. The Morgan fingerprint density at radius 3 is 2.26 bits per heavy atom. The third-order valence-electron chi connectivity index (χ3n) is 7.65. The van der Waals surface area contributed by atoms with Crippen LogP contribution < -0.4 is 5.32 Å². The number of carbonyl (C=O) groups is 2. The second-order valence-corrected chi connectivity index (χ2v) is 11.1. The van der Waals surface area contributed by atoms with Gasteiger partial charge in [-0.1, -0.05) is 81.8 Å². The normalized spacial score (nSPS) is 14.0. The van der Waals surface area contributed by atoms with Gasteiger partial charge in [0.05, 0.1) is 0 Å². The number of ketones is 1. The predicted octanol–water partition coefficient (Wildman–Crippen LogP) is 8.12. The molecule has 0 fully saturated rings. The van der Waals surface area contributed by atoms with Crippen molar-refractivity contribution in [2.45, 2.75) is 73.3 Å². The first-order valence-corrected chi connectivity index (χ1v) is 14.3. The van der Waals surface area contributed by atoms with E-state index >= 15 is 0 Å². The molecule has 0 radical (unpaired) electrons. The number of pyridine rings is 1. The predicted molar refractivity (Wildman–Crippen MR) is 162 cm³/mol. The fourth-order valence-electron chi connectivity index (χ4n) is 4.77. The molecule has 0 saturated carbocycles. The van der Waals surface area contributed by atoms with E-state index in [1.165, 1.54) is 18.1 Å². The maximum atomic E-state index is 13.5. The van der Waals surface area contributed by atoms with E-state index in [9.17, 15) is 9.59 Å². The van der Waals surface area contributed by atoms with Crippen LogP contribution >= 0.6 is 11.6 Å². The van der Waals surface area contributed by atoms with Gasteiger partial charge in [0, 0.05) is 42.4 Å². The molecule has 206 valence electrons. The molecule has 39 heavy (non-hydrogen) atoms. The second kappa shape index (κ2) is 14.2.